The zero-order valence-corrected chi connectivity index (χ0v) is 11.0. The molecule has 0 bridgehead atoms. The van der Waals surface area contributed by atoms with Crippen LogP contribution in [0.4, 0.5) is 11.6 Å². The largest absolute Gasteiger partial charge is 0.381 e. The molecular weight excluding hydrogens is 252 g/mol. The zero-order chi connectivity index (χ0) is 13.9. The number of aromatic nitrogens is 4. The van der Waals surface area contributed by atoms with Gasteiger partial charge in [0.05, 0.1) is 23.3 Å². The van der Waals surface area contributed by atoms with Gasteiger partial charge in [0.15, 0.2) is 11.6 Å². The van der Waals surface area contributed by atoms with Crippen molar-refractivity contribution < 1.29 is 0 Å². The van der Waals surface area contributed by atoms with Gasteiger partial charge in [0, 0.05) is 6.20 Å². The van der Waals surface area contributed by atoms with E-state index in [0.29, 0.717) is 18.2 Å². The van der Waals surface area contributed by atoms with Crippen molar-refractivity contribution in [1.82, 2.24) is 19.9 Å². The van der Waals surface area contributed by atoms with Gasteiger partial charge in [-0.05, 0) is 25.1 Å². The number of anilines is 2. The SMILES string of the molecule is Cc1nccc(CNc2nc3ccccc3nc2N)n1. The van der Waals surface area contributed by atoms with E-state index in [4.69, 9.17) is 5.73 Å². The Labute approximate surface area is 116 Å². The summed E-state index contributed by atoms with van der Waals surface area (Å²) in [6.07, 6.45) is 1.73. The summed E-state index contributed by atoms with van der Waals surface area (Å²) in [7, 11) is 0. The van der Waals surface area contributed by atoms with E-state index in [1.165, 1.54) is 0 Å². The molecule has 0 aliphatic rings. The van der Waals surface area contributed by atoms with Gasteiger partial charge in [-0.25, -0.2) is 19.9 Å². The Morgan fingerprint density at radius 3 is 2.55 bits per heavy atom. The third-order valence-corrected chi connectivity index (χ3v) is 2.87. The van der Waals surface area contributed by atoms with Gasteiger partial charge in [-0.3, -0.25) is 0 Å². The van der Waals surface area contributed by atoms with Crippen molar-refractivity contribution in [3.8, 4) is 0 Å². The molecule has 3 rings (SSSR count). The van der Waals surface area contributed by atoms with Crippen LogP contribution < -0.4 is 11.1 Å². The molecule has 100 valence electrons. The maximum Gasteiger partial charge on any atom is 0.169 e. The first kappa shape index (κ1) is 12.3. The summed E-state index contributed by atoms with van der Waals surface area (Å²) >= 11 is 0. The highest BCUT2D eigenvalue weighted by molar-refractivity contribution is 5.79. The van der Waals surface area contributed by atoms with E-state index in [-0.39, 0.29) is 0 Å². The first-order valence-electron chi connectivity index (χ1n) is 6.27. The van der Waals surface area contributed by atoms with Gasteiger partial charge < -0.3 is 11.1 Å². The van der Waals surface area contributed by atoms with Crippen molar-refractivity contribution in [2.45, 2.75) is 13.5 Å². The van der Waals surface area contributed by atoms with E-state index < -0.39 is 0 Å². The fourth-order valence-corrected chi connectivity index (χ4v) is 1.92. The van der Waals surface area contributed by atoms with Crippen molar-refractivity contribution in [3.05, 3.63) is 48.0 Å². The Kier molecular flexibility index (Phi) is 3.12. The zero-order valence-electron chi connectivity index (χ0n) is 11.0. The van der Waals surface area contributed by atoms with Crippen LogP contribution in [0.15, 0.2) is 36.5 Å². The molecule has 0 aliphatic heterocycles. The molecule has 6 heteroatoms. The predicted molar refractivity (Wildman–Crippen MR) is 78.0 cm³/mol. The number of nitrogens with two attached hydrogens (primary N) is 1. The van der Waals surface area contributed by atoms with Crippen LogP contribution in [-0.2, 0) is 6.54 Å². The topological polar surface area (TPSA) is 89.6 Å². The second-order valence-corrected chi connectivity index (χ2v) is 4.39. The van der Waals surface area contributed by atoms with E-state index in [0.717, 1.165) is 22.6 Å². The van der Waals surface area contributed by atoms with Gasteiger partial charge in [0.1, 0.15) is 5.82 Å². The molecule has 0 saturated heterocycles. The van der Waals surface area contributed by atoms with Crippen LogP contribution in [0.3, 0.4) is 0 Å². The lowest BCUT2D eigenvalue weighted by atomic mass is 10.3. The van der Waals surface area contributed by atoms with Gasteiger partial charge in [0.2, 0.25) is 0 Å². The molecular formula is C14H14N6. The minimum atomic E-state index is 0.384. The second-order valence-electron chi connectivity index (χ2n) is 4.39. The number of aryl methyl sites for hydroxylation is 1. The third-order valence-electron chi connectivity index (χ3n) is 2.87. The lowest BCUT2D eigenvalue weighted by Crippen LogP contribution is -2.08. The summed E-state index contributed by atoms with van der Waals surface area (Å²) in [5.41, 5.74) is 8.39. The average Bonchev–Trinajstić information content (AvgIpc) is 2.45. The molecule has 0 aliphatic carbocycles. The van der Waals surface area contributed by atoms with Gasteiger partial charge in [-0.1, -0.05) is 12.1 Å². The quantitative estimate of drug-likeness (QED) is 0.752. The summed E-state index contributed by atoms with van der Waals surface area (Å²) in [4.78, 5) is 17.2. The van der Waals surface area contributed by atoms with Crippen LogP contribution in [0.2, 0.25) is 0 Å². The van der Waals surface area contributed by atoms with Crippen LogP contribution in [-0.4, -0.2) is 19.9 Å². The van der Waals surface area contributed by atoms with Crippen molar-refractivity contribution in [2.75, 3.05) is 11.1 Å². The Bertz CT molecular complexity index is 755. The van der Waals surface area contributed by atoms with Crippen molar-refractivity contribution in [2.24, 2.45) is 0 Å². The van der Waals surface area contributed by atoms with E-state index >= 15 is 0 Å². The van der Waals surface area contributed by atoms with Crippen LogP contribution in [0.25, 0.3) is 11.0 Å². The molecule has 6 nitrogen and oxygen atoms in total. The minimum absolute atomic E-state index is 0.384. The molecule has 0 amide bonds. The summed E-state index contributed by atoms with van der Waals surface area (Å²) in [6, 6.07) is 9.47. The summed E-state index contributed by atoms with van der Waals surface area (Å²) in [5, 5.41) is 3.16. The lowest BCUT2D eigenvalue weighted by molar-refractivity contribution is 0.950. The number of benzene rings is 1. The van der Waals surface area contributed by atoms with Gasteiger partial charge in [-0.15, -0.1) is 0 Å². The molecule has 2 aromatic heterocycles. The van der Waals surface area contributed by atoms with Crippen molar-refractivity contribution >= 4 is 22.7 Å². The number of nitrogens with one attached hydrogen (secondary N) is 1. The summed E-state index contributed by atoms with van der Waals surface area (Å²) in [5.74, 6) is 1.69. The maximum atomic E-state index is 5.91. The fraction of sp³-hybridized carbons (Fsp3) is 0.143. The Balaban J connectivity index is 1.85. The number of rotatable bonds is 3. The molecule has 0 saturated carbocycles. The number of hydrogen-bond donors (Lipinski definition) is 2. The number of para-hydroxylation sites is 2. The number of hydrogen-bond acceptors (Lipinski definition) is 6. The number of nitrogen functional groups attached to an aromatic ring is 1. The van der Waals surface area contributed by atoms with E-state index in [1.54, 1.807) is 6.20 Å². The van der Waals surface area contributed by atoms with Crippen LogP contribution in [0.1, 0.15) is 11.5 Å². The Morgan fingerprint density at radius 2 is 1.80 bits per heavy atom. The first-order chi connectivity index (χ1) is 9.72. The molecule has 0 atom stereocenters. The molecule has 3 N–H and O–H groups in total. The Hall–Kier alpha value is -2.76. The molecule has 3 aromatic rings. The second kappa shape index (κ2) is 5.08. The smallest absolute Gasteiger partial charge is 0.169 e. The highest BCUT2D eigenvalue weighted by Crippen LogP contribution is 2.18. The number of nitrogens with zero attached hydrogens (tertiary/aromatic N) is 4. The van der Waals surface area contributed by atoms with E-state index in [9.17, 15) is 0 Å². The summed E-state index contributed by atoms with van der Waals surface area (Å²) in [6.45, 7) is 2.38. The van der Waals surface area contributed by atoms with Crippen molar-refractivity contribution in [1.29, 1.82) is 0 Å². The average molecular weight is 266 g/mol. The van der Waals surface area contributed by atoms with Crippen LogP contribution in [0.5, 0.6) is 0 Å². The molecule has 0 radical (unpaired) electrons. The highest BCUT2D eigenvalue weighted by Gasteiger charge is 2.05. The molecule has 0 unspecified atom stereocenters. The Morgan fingerprint density at radius 1 is 1.05 bits per heavy atom. The normalized spacial score (nSPS) is 10.7. The third kappa shape index (κ3) is 2.49. The standard InChI is InChI=1S/C14H14N6/c1-9-16-7-6-10(18-9)8-17-14-13(15)19-11-4-2-3-5-12(11)20-14/h2-7H,8H2,1H3,(H2,15,19)(H,17,20). The summed E-state index contributed by atoms with van der Waals surface area (Å²) < 4.78 is 0. The highest BCUT2D eigenvalue weighted by atomic mass is 15.1. The molecule has 20 heavy (non-hydrogen) atoms. The van der Waals surface area contributed by atoms with E-state index in [1.807, 2.05) is 37.3 Å². The van der Waals surface area contributed by atoms with Crippen LogP contribution >= 0.6 is 0 Å². The lowest BCUT2D eigenvalue weighted by Gasteiger charge is -2.08. The number of fused-ring (bicyclic) bond motifs is 1. The monoisotopic (exact) mass is 266 g/mol. The molecule has 2 heterocycles. The molecule has 0 spiro atoms. The fourth-order valence-electron chi connectivity index (χ4n) is 1.92. The maximum absolute atomic E-state index is 5.91. The molecule has 1 aromatic carbocycles. The van der Waals surface area contributed by atoms with Crippen LogP contribution in [0, 0.1) is 6.92 Å². The predicted octanol–water partition coefficient (Wildman–Crippen LogP) is 1.92. The van der Waals surface area contributed by atoms with Crippen molar-refractivity contribution in [3.63, 3.8) is 0 Å². The molecule has 0 fully saturated rings. The van der Waals surface area contributed by atoms with Gasteiger partial charge in [-0.2, -0.15) is 0 Å². The van der Waals surface area contributed by atoms with Gasteiger partial charge in [0.25, 0.3) is 0 Å². The van der Waals surface area contributed by atoms with Gasteiger partial charge >= 0.3 is 0 Å². The minimum Gasteiger partial charge on any atom is -0.381 e. The van der Waals surface area contributed by atoms with E-state index in [2.05, 4.69) is 25.3 Å². The first-order valence-corrected chi connectivity index (χ1v) is 6.27.